The van der Waals surface area contributed by atoms with E-state index in [1.807, 2.05) is 43.5 Å². The molecule has 0 fully saturated rings. The number of aliphatic carboxylic acids is 1. The number of alkyl halides is 3. The number of aromatic nitrogens is 2. The molecule has 5 nitrogen and oxygen atoms in total. The second-order valence-corrected chi connectivity index (χ2v) is 10.5. The summed E-state index contributed by atoms with van der Waals surface area (Å²) < 4.78 is 45.4. The molecule has 0 saturated heterocycles. The zero-order chi connectivity index (χ0) is 26.1. The highest BCUT2D eigenvalue weighted by Crippen LogP contribution is 2.44. The summed E-state index contributed by atoms with van der Waals surface area (Å²) in [5.74, 6) is -0.472. The van der Waals surface area contributed by atoms with Gasteiger partial charge in [-0.3, -0.25) is 0 Å². The molecule has 0 atom stereocenters. The third-order valence-corrected chi connectivity index (χ3v) is 7.00. The molecule has 9 heteroatoms. The Morgan fingerprint density at radius 2 is 1.81 bits per heavy atom. The molecule has 0 radical (unpaired) electrons. The van der Waals surface area contributed by atoms with Gasteiger partial charge in [0.05, 0.1) is 16.8 Å². The number of aryl methyl sites for hydroxylation is 1. The summed E-state index contributed by atoms with van der Waals surface area (Å²) in [6.07, 6.45) is -1.89. The van der Waals surface area contributed by atoms with E-state index in [0.717, 1.165) is 39.1 Å². The third-order valence-electron chi connectivity index (χ3n) is 5.78. The second-order valence-electron chi connectivity index (χ2n) is 8.78. The van der Waals surface area contributed by atoms with Crippen molar-refractivity contribution in [3.63, 3.8) is 0 Å². The van der Waals surface area contributed by atoms with Gasteiger partial charge in [-0.05, 0) is 73.9 Å². The minimum atomic E-state index is -4.39. The van der Waals surface area contributed by atoms with E-state index in [2.05, 4.69) is 13.8 Å². The van der Waals surface area contributed by atoms with Crippen LogP contribution in [0.1, 0.15) is 37.5 Å². The lowest BCUT2D eigenvalue weighted by Gasteiger charge is -2.25. The number of carboxylic acids is 1. The average Bonchev–Trinajstić information content (AvgIpc) is 3.26. The van der Waals surface area contributed by atoms with Crippen LogP contribution in [0.25, 0.3) is 16.6 Å². The highest BCUT2D eigenvalue weighted by Gasteiger charge is 2.30. The van der Waals surface area contributed by atoms with Gasteiger partial charge in [0.2, 0.25) is 0 Å². The normalized spacial score (nSPS) is 12.2. The molecule has 188 valence electrons. The first-order chi connectivity index (χ1) is 17.0. The van der Waals surface area contributed by atoms with Crippen LogP contribution in [0.15, 0.2) is 71.8 Å². The monoisotopic (exact) mass is 514 g/mol. The molecule has 4 aromatic rings. The summed E-state index contributed by atoms with van der Waals surface area (Å²) in [5.41, 5.74) is 2.51. The SMILES string of the molecule is CCc1cc(SC(C)(C)c2cccc3cn(-c4ccc(C(F)(F)F)cc4)nc23)ccc1OCC(=O)O. The van der Waals surface area contributed by atoms with Crippen LogP contribution < -0.4 is 4.74 Å². The quantitative estimate of drug-likeness (QED) is 0.254. The van der Waals surface area contributed by atoms with Crippen LogP contribution in [0.3, 0.4) is 0 Å². The number of hydrogen-bond donors (Lipinski definition) is 1. The van der Waals surface area contributed by atoms with Gasteiger partial charge >= 0.3 is 12.1 Å². The molecule has 0 aliphatic heterocycles. The molecule has 1 heterocycles. The van der Waals surface area contributed by atoms with Gasteiger partial charge in [-0.1, -0.05) is 25.1 Å². The second kappa shape index (κ2) is 9.89. The van der Waals surface area contributed by atoms with E-state index >= 15 is 0 Å². The summed E-state index contributed by atoms with van der Waals surface area (Å²) in [6, 6.07) is 16.5. The fraction of sp³-hybridized carbons (Fsp3) is 0.259. The molecule has 0 amide bonds. The Morgan fingerprint density at radius 3 is 2.44 bits per heavy atom. The number of benzene rings is 3. The number of nitrogens with zero attached hydrogens (tertiary/aromatic N) is 2. The number of carboxylic acid groups (broad SMARTS) is 1. The van der Waals surface area contributed by atoms with Gasteiger partial charge in [0.25, 0.3) is 0 Å². The van der Waals surface area contributed by atoms with Crippen molar-refractivity contribution in [3.05, 3.63) is 83.6 Å². The first kappa shape index (κ1) is 25.6. The van der Waals surface area contributed by atoms with Gasteiger partial charge in [-0.2, -0.15) is 18.3 Å². The van der Waals surface area contributed by atoms with Crippen LogP contribution in [0.4, 0.5) is 13.2 Å². The van der Waals surface area contributed by atoms with Crippen molar-refractivity contribution in [1.82, 2.24) is 9.78 Å². The smallest absolute Gasteiger partial charge is 0.416 e. The molecule has 0 aliphatic rings. The molecule has 0 bridgehead atoms. The molecule has 0 unspecified atom stereocenters. The molecule has 1 aromatic heterocycles. The van der Waals surface area contributed by atoms with Crippen LogP contribution in [0.2, 0.25) is 0 Å². The van der Waals surface area contributed by atoms with E-state index in [9.17, 15) is 18.0 Å². The van der Waals surface area contributed by atoms with E-state index in [-0.39, 0.29) is 0 Å². The summed E-state index contributed by atoms with van der Waals surface area (Å²) in [7, 11) is 0. The Hall–Kier alpha value is -3.46. The average molecular weight is 515 g/mol. The maximum absolute atomic E-state index is 12.9. The molecule has 4 rings (SSSR count). The number of ether oxygens (including phenoxy) is 1. The predicted molar refractivity (Wildman–Crippen MR) is 134 cm³/mol. The van der Waals surface area contributed by atoms with Crippen LogP contribution in [-0.2, 0) is 22.1 Å². The molecule has 0 saturated carbocycles. The van der Waals surface area contributed by atoms with Gasteiger partial charge in [-0.25, -0.2) is 9.48 Å². The van der Waals surface area contributed by atoms with Crippen LogP contribution >= 0.6 is 11.8 Å². The van der Waals surface area contributed by atoms with Crippen LogP contribution in [-0.4, -0.2) is 27.5 Å². The lowest BCUT2D eigenvalue weighted by molar-refractivity contribution is -0.139. The lowest BCUT2D eigenvalue weighted by atomic mass is 10.00. The topological polar surface area (TPSA) is 64.4 Å². The Balaban J connectivity index is 1.63. The zero-order valence-corrected chi connectivity index (χ0v) is 20.8. The number of halogens is 3. The third kappa shape index (κ3) is 5.51. The largest absolute Gasteiger partial charge is 0.482 e. The minimum Gasteiger partial charge on any atom is -0.482 e. The summed E-state index contributed by atoms with van der Waals surface area (Å²) >= 11 is 1.64. The van der Waals surface area contributed by atoms with Gasteiger partial charge in [0.15, 0.2) is 6.61 Å². The standard InChI is InChI=1S/C27H25F3N2O3S/c1-4-17-14-21(12-13-23(17)35-16-24(33)34)36-26(2,3)22-7-5-6-18-15-32(31-25(18)22)20-10-8-19(9-11-20)27(28,29)30/h5-15H,4,16H2,1-3H3,(H,33,34). The molecule has 0 aliphatic carbocycles. The highest BCUT2D eigenvalue weighted by molar-refractivity contribution is 8.00. The fourth-order valence-corrected chi connectivity index (χ4v) is 5.19. The van der Waals surface area contributed by atoms with Crippen molar-refractivity contribution in [3.8, 4) is 11.4 Å². The Morgan fingerprint density at radius 1 is 1.08 bits per heavy atom. The van der Waals surface area contributed by atoms with E-state index < -0.39 is 29.1 Å². The van der Waals surface area contributed by atoms with Crippen LogP contribution in [0.5, 0.6) is 5.75 Å². The number of fused-ring (bicyclic) bond motifs is 1. The van der Waals surface area contributed by atoms with Crippen molar-refractivity contribution in [1.29, 1.82) is 0 Å². The number of thioether (sulfide) groups is 1. The molecule has 36 heavy (non-hydrogen) atoms. The molecule has 3 aromatic carbocycles. The van der Waals surface area contributed by atoms with Crippen molar-refractivity contribution >= 4 is 28.6 Å². The van der Waals surface area contributed by atoms with Crippen molar-refractivity contribution in [2.24, 2.45) is 0 Å². The molecule has 1 N–H and O–H groups in total. The maximum atomic E-state index is 12.9. The van der Waals surface area contributed by atoms with Crippen molar-refractivity contribution in [2.75, 3.05) is 6.61 Å². The van der Waals surface area contributed by atoms with E-state index in [1.54, 1.807) is 22.5 Å². The van der Waals surface area contributed by atoms with Crippen molar-refractivity contribution < 1.29 is 27.8 Å². The Labute approximate surface area is 210 Å². The lowest BCUT2D eigenvalue weighted by Crippen LogP contribution is -2.13. The number of rotatable bonds is 8. The number of carbonyl (C=O) groups is 1. The molecule has 0 spiro atoms. The maximum Gasteiger partial charge on any atom is 0.416 e. The number of hydrogen-bond acceptors (Lipinski definition) is 4. The van der Waals surface area contributed by atoms with Gasteiger partial charge in [0, 0.05) is 21.2 Å². The predicted octanol–water partition coefficient (Wildman–Crippen LogP) is 7.10. The van der Waals surface area contributed by atoms with Gasteiger partial charge < -0.3 is 9.84 Å². The minimum absolute atomic E-state index is 0.394. The van der Waals surface area contributed by atoms with Gasteiger partial charge in [-0.15, -0.1) is 11.8 Å². The van der Waals surface area contributed by atoms with E-state index in [1.165, 1.54) is 12.1 Å². The summed E-state index contributed by atoms with van der Waals surface area (Å²) in [5, 5.41) is 14.5. The summed E-state index contributed by atoms with van der Waals surface area (Å²) in [4.78, 5) is 11.9. The Kier molecular flexibility index (Phi) is 7.04. The summed E-state index contributed by atoms with van der Waals surface area (Å²) in [6.45, 7) is 5.76. The first-order valence-corrected chi connectivity index (χ1v) is 12.1. The molecular weight excluding hydrogens is 489 g/mol. The molecular formula is C27H25F3N2O3S. The van der Waals surface area contributed by atoms with Gasteiger partial charge in [0.1, 0.15) is 5.75 Å². The van der Waals surface area contributed by atoms with Crippen LogP contribution in [0, 0.1) is 0 Å². The fourth-order valence-electron chi connectivity index (χ4n) is 3.99. The van der Waals surface area contributed by atoms with Crippen molar-refractivity contribution in [2.45, 2.75) is 43.0 Å². The highest BCUT2D eigenvalue weighted by atomic mass is 32.2. The van der Waals surface area contributed by atoms with E-state index in [4.69, 9.17) is 14.9 Å². The first-order valence-electron chi connectivity index (χ1n) is 11.3. The zero-order valence-electron chi connectivity index (χ0n) is 20.0. The van der Waals surface area contributed by atoms with E-state index in [0.29, 0.717) is 17.9 Å². The Bertz CT molecular complexity index is 1400.